The van der Waals surface area contributed by atoms with Crippen LogP contribution in [-0.4, -0.2) is 41.3 Å². The summed E-state index contributed by atoms with van der Waals surface area (Å²) in [4.78, 5) is 22.7. The van der Waals surface area contributed by atoms with E-state index in [1.54, 1.807) is 0 Å². The van der Waals surface area contributed by atoms with Crippen molar-refractivity contribution in [3.8, 4) is 0 Å². The van der Waals surface area contributed by atoms with Gasteiger partial charge >= 0.3 is 5.97 Å². The van der Waals surface area contributed by atoms with Gasteiger partial charge in [-0.25, -0.2) is 4.79 Å². The van der Waals surface area contributed by atoms with Gasteiger partial charge in [0.1, 0.15) is 6.04 Å². The SMILES string of the molecule is O=C(N[C@H](CO)C(=O)O)C1CNc2ccccc2C1. The third kappa shape index (κ3) is 3.03. The third-order valence-electron chi connectivity index (χ3n) is 3.19. The van der Waals surface area contributed by atoms with E-state index in [1.165, 1.54) is 0 Å². The molecule has 0 fully saturated rings. The van der Waals surface area contributed by atoms with Gasteiger partial charge < -0.3 is 20.8 Å². The van der Waals surface area contributed by atoms with Crippen molar-refractivity contribution < 1.29 is 19.8 Å². The van der Waals surface area contributed by atoms with Gasteiger partial charge in [0.05, 0.1) is 12.5 Å². The Hall–Kier alpha value is -2.08. The van der Waals surface area contributed by atoms with Gasteiger partial charge in [0.15, 0.2) is 0 Å². The number of amides is 1. The lowest BCUT2D eigenvalue weighted by molar-refractivity contribution is -0.143. The summed E-state index contributed by atoms with van der Waals surface area (Å²) >= 11 is 0. The van der Waals surface area contributed by atoms with Gasteiger partial charge in [0.25, 0.3) is 0 Å². The second-order valence-corrected chi connectivity index (χ2v) is 4.52. The van der Waals surface area contributed by atoms with E-state index in [1.807, 2.05) is 24.3 Å². The molecule has 1 aliphatic heterocycles. The van der Waals surface area contributed by atoms with E-state index in [0.717, 1.165) is 11.3 Å². The largest absolute Gasteiger partial charge is 0.480 e. The number of aliphatic hydroxyl groups is 1. The van der Waals surface area contributed by atoms with Crippen LogP contribution in [0.15, 0.2) is 24.3 Å². The normalized spacial score (nSPS) is 18.9. The van der Waals surface area contributed by atoms with Crippen molar-refractivity contribution in [3.63, 3.8) is 0 Å². The molecule has 2 atom stereocenters. The minimum absolute atomic E-state index is 0.330. The van der Waals surface area contributed by atoms with Crippen LogP contribution < -0.4 is 10.6 Å². The van der Waals surface area contributed by atoms with Crippen LogP contribution in [0.2, 0.25) is 0 Å². The van der Waals surface area contributed by atoms with Crippen LogP contribution in [0.3, 0.4) is 0 Å². The number of aliphatic carboxylic acids is 1. The molecule has 0 aromatic heterocycles. The number of rotatable bonds is 4. The number of carbonyl (C=O) groups is 2. The highest BCUT2D eigenvalue weighted by Crippen LogP contribution is 2.24. The van der Waals surface area contributed by atoms with Gasteiger partial charge in [0.2, 0.25) is 5.91 Å². The molecule has 0 spiro atoms. The van der Waals surface area contributed by atoms with Gasteiger partial charge in [-0.05, 0) is 18.1 Å². The first kappa shape index (κ1) is 13.4. The molecule has 0 bridgehead atoms. The van der Waals surface area contributed by atoms with Crippen molar-refractivity contribution in [1.29, 1.82) is 0 Å². The maximum Gasteiger partial charge on any atom is 0.328 e. The number of hydrogen-bond acceptors (Lipinski definition) is 4. The lowest BCUT2D eigenvalue weighted by Gasteiger charge is -2.26. The Kier molecular flexibility index (Phi) is 4.01. The second-order valence-electron chi connectivity index (χ2n) is 4.52. The number of para-hydroxylation sites is 1. The van der Waals surface area contributed by atoms with Crippen LogP contribution in [0.4, 0.5) is 5.69 Å². The Morgan fingerprint density at radius 1 is 1.42 bits per heavy atom. The Bertz CT molecular complexity index is 489. The van der Waals surface area contributed by atoms with Crippen LogP contribution in [0.1, 0.15) is 5.56 Å². The summed E-state index contributed by atoms with van der Waals surface area (Å²) in [5.41, 5.74) is 2.04. The molecule has 2 rings (SSSR count). The maximum absolute atomic E-state index is 12.0. The van der Waals surface area contributed by atoms with E-state index in [9.17, 15) is 9.59 Å². The van der Waals surface area contributed by atoms with Gasteiger partial charge in [-0.15, -0.1) is 0 Å². The number of fused-ring (bicyclic) bond motifs is 1. The van der Waals surface area contributed by atoms with Crippen molar-refractivity contribution >= 4 is 17.6 Å². The highest BCUT2D eigenvalue weighted by molar-refractivity contribution is 5.86. The van der Waals surface area contributed by atoms with E-state index in [4.69, 9.17) is 10.2 Å². The van der Waals surface area contributed by atoms with E-state index in [0.29, 0.717) is 13.0 Å². The summed E-state index contributed by atoms with van der Waals surface area (Å²) in [6.45, 7) is -0.154. The van der Waals surface area contributed by atoms with E-state index in [2.05, 4.69) is 10.6 Å². The number of benzene rings is 1. The topological polar surface area (TPSA) is 98.7 Å². The lowest BCUT2D eigenvalue weighted by atomic mass is 9.93. The standard InChI is InChI=1S/C13H16N2O4/c16-7-11(13(18)19)15-12(17)9-5-8-3-1-2-4-10(8)14-6-9/h1-4,9,11,14,16H,5-7H2,(H,15,17)(H,18,19)/t9?,11-/m1/s1. The molecule has 0 saturated heterocycles. The van der Waals surface area contributed by atoms with Gasteiger partial charge in [-0.1, -0.05) is 18.2 Å². The highest BCUT2D eigenvalue weighted by atomic mass is 16.4. The summed E-state index contributed by atoms with van der Waals surface area (Å²) in [6, 6.07) is 6.44. The molecule has 6 nitrogen and oxygen atoms in total. The van der Waals surface area contributed by atoms with E-state index >= 15 is 0 Å². The Balaban J connectivity index is 2.01. The zero-order chi connectivity index (χ0) is 13.8. The summed E-state index contributed by atoms with van der Waals surface area (Å²) in [7, 11) is 0. The van der Waals surface area contributed by atoms with Crippen molar-refractivity contribution in [3.05, 3.63) is 29.8 Å². The van der Waals surface area contributed by atoms with Crippen LogP contribution in [0, 0.1) is 5.92 Å². The van der Waals surface area contributed by atoms with Crippen LogP contribution in [0.25, 0.3) is 0 Å². The number of aliphatic hydroxyl groups excluding tert-OH is 1. The molecule has 1 heterocycles. The number of carboxylic acid groups (broad SMARTS) is 1. The molecule has 4 N–H and O–H groups in total. The Labute approximate surface area is 110 Å². The van der Waals surface area contributed by atoms with Gasteiger partial charge in [-0.3, -0.25) is 4.79 Å². The average Bonchev–Trinajstić information content (AvgIpc) is 2.43. The lowest BCUT2D eigenvalue weighted by Crippen LogP contribution is -2.48. The molecule has 1 unspecified atom stereocenters. The molecule has 0 saturated carbocycles. The van der Waals surface area contributed by atoms with Gasteiger partial charge in [0, 0.05) is 12.2 Å². The third-order valence-corrected chi connectivity index (χ3v) is 3.19. The minimum Gasteiger partial charge on any atom is -0.480 e. The molecule has 19 heavy (non-hydrogen) atoms. The van der Waals surface area contributed by atoms with E-state index in [-0.39, 0.29) is 11.8 Å². The molecule has 1 aromatic rings. The van der Waals surface area contributed by atoms with Crippen molar-refractivity contribution in [1.82, 2.24) is 5.32 Å². The van der Waals surface area contributed by atoms with Crippen LogP contribution >= 0.6 is 0 Å². The maximum atomic E-state index is 12.0. The fourth-order valence-electron chi connectivity index (χ4n) is 2.10. The average molecular weight is 264 g/mol. The smallest absolute Gasteiger partial charge is 0.328 e. The molecular weight excluding hydrogens is 248 g/mol. The number of carbonyl (C=O) groups excluding carboxylic acids is 1. The molecule has 102 valence electrons. The first-order valence-electron chi connectivity index (χ1n) is 6.07. The first-order chi connectivity index (χ1) is 9.11. The highest BCUT2D eigenvalue weighted by Gasteiger charge is 2.27. The molecule has 1 aliphatic rings. The molecule has 6 heteroatoms. The second kappa shape index (κ2) is 5.71. The van der Waals surface area contributed by atoms with Crippen molar-refractivity contribution in [2.24, 2.45) is 5.92 Å². The number of hydrogen-bond donors (Lipinski definition) is 4. The number of carboxylic acids is 1. The van der Waals surface area contributed by atoms with Gasteiger partial charge in [-0.2, -0.15) is 0 Å². The Morgan fingerprint density at radius 3 is 2.84 bits per heavy atom. The molecule has 1 aromatic carbocycles. The summed E-state index contributed by atoms with van der Waals surface area (Å²) in [6.07, 6.45) is 0.562. The zero-order valence-electron chi connectivity index (χ0n) is 10.3. The summed E-state index contributed by atoms with van der Waals surface area (Å²) < 4.78 is 0. The monoisotopic (exact) mass is 264 g/mol. The fraction of sp³-hybridized carbons (Fsp3) is 0.385. The van der Waals surface area contributed by atoms with Crippen LogP contribution in [0.5, 0.6) is 0 Å². The van der Waals surface area contributed by atoms with Crippen molar-refractivity contribution in [2.75, 3.05) is 18.5 Å². The zero-order valence-corrected chi connectivity index (χ0v) is 10.3. The van der Waals surface area contributed by atoms with Crippen molar-refractivity contribution in [2.45, 2.75) is 12.5 Å². The Morgan fingerprint density at radius 2 is 2.16 bits per heavy atom. The minimum atomic E-state index is -1.25. The molecule has 0 aliphatic carbocycles. The number of anilines is 1. The van der Waals surface area contributed by atoms with Crippen LogP contribution in [-0.2, 0) is 16.0 Å². The summed E-state index contributed by atoms with van der Waals surface area (Å²) in [5, 5.41) is 23.2. The first-order valence-corrected chi connectivity index (χ1v) is 6.07. The molecule has 0 radical (unpaired) electrons. The quantitative estimate of drug-likeness (QED) is 0.605. The molecule has 1 amide bonds. The predicted octanol–water partition coefficient (Wildman–Crippen LogP) is -0.167. The number of nitrogens with one attached hydrogen (secondary N) is 2. The predicted molar refractivity (Wildman–Crippen MR) is 68.8 cm³/mol. The van der Waals surface area contributed by atoms with E-state index < -0.39 is 18.6 Å². The summed E-state index contributed by atoms with van der Waals surface area (Å²) in [5.74, 6) is -1.92. The molecular formula is C13H16N2O4. The fourth-order valence-corrected chi connectivity index (χ4v) is 2.10.